The minimum atomic E-state index is -0.603. The molecule has 0 saturated carbocycles. The third-order valence-electron chi connectivity index (χ3n) is 2.94. The second kappa shape index (κ2) is 6.27. The number of halogens is 3. The molecule has 4 heteroatoms. The van der Waals surface area contributed by atoms with Crippen LogP contribution in [0.15, 0.2) is 40.9 Å². The Bertz CT molecular complexity index is 599. The highest BCUT2D eigenvalue weighted by molar-refractivity contribution is 9.10. The van der Waals surface area contributed by atoms with Crippen molar-refractivity contribution < 1.29 is 5.11 Å². The summed E-state index contributed by atoms with van der Waals surface area (Å²) in [5.74, 6) is 0. The van der Waals surface area contributed by atoms with Gasteiger partial charge in [0.2, 0.25) is 0 Å². The Morgan fingerprint density at radius 2 is 1.89 bits per heavy atom. The lowest BCUT2D eigenvalue weighted by molar-refractivity contribution is 0.177. The summed E-state index contributed by atoms with van der Waals surface area (Å²) in [5.41, 5.74) is 2.88. The van der Waals surface area contributed by atoms with E-state index < -0.39 is 6.10 Å². The van der Waals surface area contributed by atoms with Crippen LogP contribution in [0.3, 0.4) is 0 Å². The topological polar surface area (TPSA) is 20.2 Å². The van der Waals surface area contributed by atoms with Gasteiger partial charge in [-0.2, -0.15) is 0 Å². The number of aryl methyl sites for hydroxylation is 1. The van der Waals surface area contributed by atoms with Crippen molar-refractivity contribution in [3.8, 4) is 0 Å². The molecule has 100 valence electrons. The third kappa shape index (κ3) is 3.73. The van der Waals surface area contributed by atoms with E-state index in [0.717, 1.165) is 21.2 Å². The van der Waals surface area contributed by atoms with Crippen molar-refractivity contribution in [2.75, 3.05) is 0 Å². The second-order valence-corrected chi connectivity index (χ2v) is 6.18. The first kappa shape index (κ1) is 14.9. The fraction of sp³-hybridized carbons (Fsp3) is 0.200. The molecule has 0 bridgehead atoms. The van der Waals surface area contributed by atoms with Crippen molar-refractivity contribution in [1.29, 1.82) is 0 Å². The zero-order chi connectivity index (χ0) is 14.0. The van der Waals surface area contributed by atoms with Crippen molar-refractivity contribution in [2.24, 2.45) is 0 Å². The van der Waals surface area contributed by atoms with Crippen LogP contribution in [0.2, 0.25) is 10.0 Å². The van der Waals surface area contributed by atoms with E-state index in [4.69, 9.17) is 23.2 Å². The van der Waals surface area contributed by atoms with Gasteiger partial charge in [-0.05, 0) is 41.8 Å². The number of benzene rings is 2. The average molecular weight is 360 g/mol. The fourth-order valence-corrected chi connectivity index (χ4v) is 3.15. The van der Waals surface area contributed by atoms with E-state index in [1.165, 1.54) is 0 Å². The maximum absolute atomic E-state index is 10.3. The Morgan fingerprint density at radius 3 is 2.53 bits per heavy atom. The molecule has 0 spiro atoms. The molecule has 19 heavy (non-hydrogen) atoms. The lowest BCUT2D eigenvalue weighted by Crippen LogP contribution is -2.03. The molecule has 0 saturated heterocycles. The van der Waals surface area contributed by atoms with E-state index in [1.807, 2.05) is 31.2 Å². The van der Waals surface area contributed by atoms with Crippen LogP contribution in [-0.2, 0) is 6.42 Å². The van der Waals surface area contributed by atoms with Gasteiger partial charge in [0.1, 0.15) is 0 Å². The second-order valence-electron chi connectivity index (χ2n) is 4.48. The normalized spacial score (nSPS) is 12.5. The molecule has 0 radical (unpaired) electrons. The van der Waals surface area contributed by atoms with Gasteiger partial charge in [-0.1, -0.05) is 57.3 Å². The molecule has 1 atom stereocenters. The summed E-state index contributed by atoms with van der Waals surface area (Å²) >= 11 is 15.5. The molecule has 2 aromatic carbocycles. The molecule has 1 unspecified atom stereocenters. The summed E-state index contributed by atoms with van der Waals surface area (Å²) in [7, 11) is 0. The molecule has 1 nitrogen and oxygen atoms in total. The van der Waals surface area contributed by atoms with Crippen molar-refractivity contribution in [3.05, 3.63) is 67.6 Å². The highest BCUT2D eigenvalue weighted by atomic mass is 79.9. The molecule has 0 aliphatic heterocycles. The van der Waals surface area contributed by atoms with Crippen LogP contribution in [0, 0.1) is 6.92 Å². The molecule has 2 aromatic rings. The minimum absolute atomic E-state index is 0.456. The number of rotatable bonds is 3. The molecule has 1 N–H and O–H groups in total. The predicted molar refractivity (Wildman–Crippen MR) is 84.0 cm³/mol. The fourth-order valence-electron chi connectivity index (χ4n) is 1.91. The highest BCUT2D eigenvalue weighted by Crippen LogP contribution is 2.30. The van der Waals surface area contributed by atoms with Crippen LogP contribution in [0.25, 0.3) is 0 Å². The maximum atomic E-state index is 10.3. The number of hydrogen-bond donors (Lipinski definition) is 1. The Hall–Kier alpha value is -0.540. The first-order chi connectivity index (χ1) is 8.97. The Labute approximate surface area is 131 Å². The Balaban J connectivity index is 2.23. The van der Waals surface area contributed by atoms with Crippen molar-refractivity contribution in [1.82, 2.24) is 0 Å². The van der Waals surface area contributed by atoms with Crippen molar-refractivity contribution in [2.45, 2.75) is 19.4 Å². The van der Waals surface area contributed by atoms with E-state index >= 15 is 0 Å². The van der Waals surface area contributed by atoms with E-state index in [1.54, 1.807) is 12.1 Å². The first-order valence-corrected chi connectivity index (χ1v) is 7.40. The summed E-state index contributed by atoms with van der Waals surface area (Å²) < 4.78 is 0.907. The molecule has 0 amide bonds. The molecule has 0 fully saturated rings. The smallest absolute Gasteiger partial charge is 0.0841 e. The molecule has 0 aliphatic rings. The standard InChI is InChI=1S/C15H13BrCl2O/c1-9-2-5-12(13(16)6-9)15(19)7-10-3-4-11(17)8-14(10)18/h2-6,8,15,19H,7H2,1H3. The van der Waals surface area contributed by atoms with Gasteiger partial charge < -0.3 is 5.11 Å². The first-order valence-electron chi connectivity index (χ1n) is 5.85. The SMILES string of the molecule is Cc1ccc(C(O)Cc2ccc(Cl)cc2Cl)c(Br)c1. The van der Waals surface area contributed by atoms with Crippen molar-refractivity contribution >= 4 is 39.1 Å². The van der Waals surface area contributed by atoms with Crippen LogP contribution >= 0.6 is 39.1 Å². The predicted octanol–water partition coefficient (Wildman–Crippen LogP) is 5.34. The van der Waals surface area contributed by atoms with Crippen LogP contribution in [-0.4, -0.2) is 5.11 Å². The maximum Gasteiger partial charge on any atom is 0.0841 e. The Kier molecular flexibility index (Phi) is 4.91. The molecule has 0 aromatic heterocycles. The van der Waals surface area contributed by atoms with Crippen LogP contribution in [0.1, 0.15) is 22.8 Å². The summed E-state index contributed by atoms with van der Waals surface area (Å²) in [6, 6.07) is 11.2. The number of hydrogen-bond acceptors (Lipinski definition) is 1. The molecule has 0 heterocycles. The lowest BCUT2D eigenvalue weighted by Gasteiger charge is -2.14. The van der Waals surface area contributed by atoms with E-state index in [-0.39, 0.29) is 0 Å². The number of aliphatic hydroxyl groups is 1. The summed E-state index contributed by atoms with van der Waals surface area (Å²) in [6.07, 6.45) is -0.147. The third-order valence-corrected chi connectivity index (χ3v) is 4.22. The van der Waals surface area contributed by atoms with Gasteiger partial charge in [-0.25, -0.2) is 0 Å². The van der Waals surface area contributed by atoms with Gasteiger partial charge in [-0.15, -0.1) is 0 Å². The molecule has 2 rings (SSSR count). The van der Waals surface area contributed by atoms with E-state index in [2.05, 4.69) is 15.9 Å². The minimum Gasteiger partial charge on any atom is -0.388 e. The van der Waals surface area contributed by atoms with Gasteiger partial charge in [0.25, 0.3) is 0 Å². The molecule has 0 aliphatic carbocycles. The lowest BCUT2D eigenvalue weighted by atomic mass is 10.0. The van der Waals surface area contributed by atoms with Gasteiger partial charge in [0.15, 0.2) is 0 Å². The summed E-state index contributed by atoms with van der Waals surface area (Å²) in [4.78, 5) is 0. The summed E-state index contributed by atoms with van der Waals surface area (Å²) in [6.45, 7) is 2.01. The zero-order valence-corrected chi connectivity index (χ0v) is 13.4. The van der Waals surface area contributed by atoms with Gasteiger partial charge in [0.05, 0.1) is 6.10 Å². The molecular weight excluding hydrogens is 347 g/mol. The van der Waals surface area contributed by atoms with E-state index in [9.17, 15) is 5.11 Å². The largest absolute Gasteiger partial charge is 0.388 e. The monoisotopic (exact) mass is 358 g/mol. The Morgan fingerprint density at radius 1 is 1.16 bits per heavy atom. The quantitative estimate of drug-likeness (QED) is 0.784. The van der Waals surface area contributed by atoms with Gasteiger partial charge in [0, 0.05) is 20.9 Å². The average Bonchev–Trinajstić information content (AvgIpc) is 2.32. The van der Waals surface area contributed by atoms with E-state index in [0.29, 0.717) is 16.5 Å². The molecular formula is C15H13BrCl2O. The highest BCUT2D eigenvalue weighted by Gasteiger charge is 2.14. The van der Waals surface area contributed by atoms with Crippen LogP contribution in [0.4, 0.5) is 0 Å². The zero-order valence-electron chi connectivity index (χ0n) is 10.3. The van der Waals surface area contributed by atoms with Gasteiger partial charge >= 0.3 is 0 Å². The van der Waals surface area contributed by atoms with Crippen molar-refractivity contribution in [3.63, 3.8) is 0 Å². The number of aliphatic hydroxyl groups excluding tert-OH is 1. The summed E-state index contributed by atoms with van der Waals surface area (Å²) in [5, 5.41) is 11.5. The van der Waals surface area contributed by atoms with Crippen LogP contribution < -0.4 is 0 Å². The van der Waals surface area contributed by atoms with Crippen LogP contribution in [0.5, 0.6) is 0 Å². The van der Waals surface area contributed by atoms with Gasteiger partial charge in [-0.3, -0.25) is 0 Å².